The van der Waals surface area contributed by atoms with Gasteiger partial charge in [-0.3, -0.25) is 4.79 Å². The second kappa shape index (κ2) is 6.11. The number of benzene rings is 1. The average molecular weight is 342 g/mol. The molecule has 2 saturated carbocycles. The molecule has 2 aliphatic carbocycles. The lowest BCUT2D eigenvalue weighted by Crippen LogP contribution is -2.35. The summed E-state index contributed by atoms with van der Waals surface area (Å²) in [6.45, 7) is 2.39. The molecule has 0 heterocycles. The van der Waals surface area contributed by atoms with Gasteiger partial charge in [-0.05, 0) is 43.5 Å². The van der Waals surface area contributed by atoms with Crippen LogP contribution in [0.15, 0.2) is 24.5 Å². The van der Waals surface area contributed by atoms with E-state index in [1.807, 2.05) is 6.92 Å². The van der Waals surface area contributed by atoms with Gasteiger partial charge in [-0.25, -0.2) is 8.78 Å². The van der Waals surface area contributed by atoms with Crippen LogP contribution in [0.25, 0.3) is 6.08 Å². The molecule has 0 saturated heterocycles. The third kappa shape index (κ3) is 3.20. The minimum atomic E-state index is -2.53. The van der Waals surface area contributed by atoms with Gasteiger partial charge in [0.25, 0.3) is 11.8 Å². The lowest BCUT2D eigenvalue weighted by molar-refractivity contribution is 0.0649. The summed E-state index contributed by atoms with van der Waals surface area (Å²) < 4.78 is 31.6. The largest absolute Gasteiger partial charge is 0.501 e. The van der Waals surface area contributed by atoms with Crippen molar-refractivity contribution in [1.82, 2.24) is 5.32 Å². The van der Waals surface area contributed by atoms with Gasteiger partial charge in [0.1, 0.15) is 0 Å². The fourth-order valence-corrected chi connectivity index (χ4v) is 3.45. The van der Waals surface area contributed by atoms with Gasteiger partial charge in [-0.15, -0.1) is 0 Å². The van der Waals surface area contributed by atoms with E-state index in [-0.39, 0.29) is 11.9 Å². The first-order valence-electron chi connectivity index (χ1n) is 7.69. The third-order valence-electron chi connectivity index (χ3n) is 4.55. The van der Waals surface area contributed by atoms with Crippen LogP contribution in [0.2, 0.25) is 5.02 Å². The van der Waals surface area contributed by atoms with Crippen molar-refractivity contribution >= 4 is 23.6 Å². The van der Waals surface area contributed by atoms with Crippen LogP contribution in [-0.2, 0) is 4.74 Å². The predicted molar refractivity (Wildman–Crippen MR) is 84.5 cm³/mol. The Morgan fingerprint density at radius 3 is 2.78 bits per heavy atom. The summed E-state index contributed by atoms with van der Waals surface area (Å²) in [5, 5.41) is 3.29. The quantitative estimate of drug-likeness (QED) is 0.818. The third-order valence-corrected chi connectivity index (χ3v) is 4.78. The Labute approximate surface area is 138 Å². The van der Waals surface area contributed by atoms with Crippen molar-refractivity contribution in [1.29, 1.82) is 0 Å². The Morgan fingerprint density at radius 1 is 1.43 bits per heavy atom. The minimum Gasteiger partial charge on any atom is -0.501 e. The van der Waals surface area contributed by atoms with E-state index >= 15 is 0 Å². The molecule has 1 aromatic carbocycles. The Bertz CT molecular complexity index is 633. The summed E-state index contributed by atoms with van der Waals surface area (Å²) in [7, 11) is 0. The molecular weight excluding hydrogens is 324 g/mol. The molecule has 2 fully saturated rings. The van der Waals surface area contributed by atoms with Crippen molar-refractivity contribution in [2.45, 2.75) is 31.7 Å². The summed E-state index contributed by atoms with van der Waals surface area (Å²) in [5.41, 5.74) is 1.09. The first-order chi connectivity index (χ1) is 10.9. The van der Waals surface area contributed by atoms with Crippen LogP contribution >= 0.6 is 11.6 Å². The highest BCUT2D eigenvalue weighted by Gasteiger charge is 2.71. The highest BCUT2D eigenvalue weighted by molar-refractivity contribution is 6.31. The SMILES string of the molecule is CCO/C=C/c1ccc(Cl)cc1C(=O)NC1CC2C(C1)C2(F)F. The lowest BCUT2D eigenvalue weighted by Gasteiger charge is -2.17. The zero-order valence-corrected chi connectivity index (χ0v) is 13.4. The second-order valence-electron chi connectivity index (χ2n) is 6.02. The molecule has 124 valence electrons. The molecule has 2 unspecified atom stereocenters. The molecule has 23 heavy (non-hydrogen) atoms. The molecule has 2 aliphatic rings. The van der Waals surface area contributed by atoms with E-state index in [0.717, 1.165) is 0 Å². The molecular formula is C17H18ClF2NO2. The Morgan fingerprint density at radius 2 is 2.13 bits per heavy atom. The van der Waals surface area contributed by atoms with Gasteiger partial charge in [0, 0.05) is 28.5 Å². The van der Waals surface area contributed by atoms with Crippen molar-refractivity contribution < 1.29 is 18.3 Å². The molecule has 3 rings (SSSR count). The maximum Gasteiger partial charge on any atom is 0.254 e. The van der Waals surface area contributed by atoms with Crippen LogP contribution in [0, 0.1) is 11.8 Å². The molecule has 1 amide bonds. The summed E-state index contributed by atoms with van der Waals surface area (Å²) in [4.78, 5) is 12.5. The zero-order chi connectivity index (χ0) is 16.6. The standard InChI is InChI=1S/C17H18ClF2NO2/c1-2-23-6-5-10-3-4-11(18)7-13(10)16(22)21-12-8-14-15(9-12)17(14,19)20/h3-7,12,14-15H,2,8-9H2,1H3,(H,21,22)/b6-5+. The van der Waals surface area contributed by atoms with Crippen LogP contribution < -0.4 is 5.32 Å². The van der Waals surface area contributed by atoms with Gasteiger partial charge in [0.05, 0.1) is 12.9 Å². The maximum absolute atomic E-state index is 13.2. The number of carbonyl (C=O) groups excluding carboxylic acids is 1. The number of rotatable bonds is 5. The number of fused-ring (bicyclic) bond motifs is 1. The minimum absolute atomic E-state index is 0.195. The molecule has 0 spiro atoms. The highest BCUT2D eigenvalue weighted by Crippen LogP contribution is 2.64. The van der Waals surface area contributed by atoms with Crippen molar-refractivity contribution in [2.24, 2.45) is 11.8 Å². The molecule has 2 atom stereocenters. The van der Waals surface area contributed by atoms with Gasteiger partial charge < -0.3 is 10.1 Å². The van der Waals surface area contributed by atoms with Crippen LogP contribution in [0.1, 0.15) is 35.7 Å². The number of amides is 1. The average Bonchev–Trinajstić information content (AvgIpc) is 2.87. The molecule has 0 bridgehead atoms. The Balaban J connectivity index is 1.68. The highest BCUT2D eigenvalue weighted by atomic mass is 35.5. The van der Waals surface area contributed by atoms with E-state index in [0.29, 0.717) is 35.6 Å². The monoisotopic (exact) mass is 341 g/mol. The molecule has 3 nitrogen and oxygen atoms in total. The molecule has 0 radical (unpaired) electrons. The van der Waals surface area contributed by atoms with Crippen molar-refractivity contribution in [3.63, 3.8) is 0 Å². The number of carbonyl (C=O) groups is 1. The van der Waals surface area contributed by atoms with E-state index in [1.165, 1.54) is 6.26 Å². The van der Waals surface area contributed by atoms with E-state index in [4.69, 9.17) is 16.3 Å². The Kier molecular flexibility index (Phi) is 4.32. The van der Waals surface area contributed by atoms with Crippen LogP contribution in [0.4, 0.5) is 8.78 Å². The van der Waals surface area contributed by atoms with E-state index < -0.39 is 17.8 Å². The first-order valence-corrected chi connectivity index (χ1v) is 8.07. The van der Waals surface area contributed by atoms with Crippen LogP contribution in [0.5, 0.6) is 0 Å². The smallest absolute Gasteiger partial charge is 0.254 e. The normalized spacial score (nSPS) is 27.7. The first kappa shape index (κ1) is 16.2. The zero-order valence-electron chi connectivity index (χ0n) is 12.7. The van der Waals surface area contributed by atoms with E-state index in [9.17, 15) is 13.6 Å². The summed E-state index contributed by atoms with van der Waals surface area (Å²) in [6, 6.07) is 4.80. The molecule has 0 aliphatic heterocycles. The van der Waals surface area contributed by atoms with Crippen molar-refractivity contribution in [3.8, 4) is 0 Å². The van der Waals surface area contributed by atoms with E-state index in [2.05, 4.69) is 5.32 Å². The fraction of sp³-hybridized carbons (Fsp3) is 0.471. The molecule has 0 aromatic heterocycles. The van der Waals surface area contributed by atoms with Gasteiger partial charge in [-0.2, -0.15) is 0 Å². The summed E-state index contributed by atoms with van der Waals surface area (Å²) in [6.07, 6.45) is 3.89. The summed E-state index contributed by atoms with van der Waals surface area (Å²) in [5.74, 6) is -3.95. The van der Waals surface area contributed by atoms with E-state index in [1.54, 1.807) is 24.3 Å². The molecule has 6 heteroatoms. The topological polar surface area (TPSA) is 38.3 Å². The number of nitrogens with one attached hydrogen (secondary N) is 1. The van der Waals surface area contributed by atoms with Gasteiger partial charge >= 0.3 is 0 Å². The van der Waals surface area contributed by atoms with Crippen molar-refractivity contribution in [2.75, 3.05) is 6.61 Å². The van der Waals surface area contributed by atoms with Crippen molar-refractivity contribution in [3.05, 3.63) is 40.6 Å². The fourth-order valence-electron chi connectivity index (χ4n) is 3.28. The molecule has 1 aromatic rings. The summed E-state index contributed by atoms with van der Waals surface area (Å²) >= 11 is 5.97. The number of hydrogen-bond donors (Lipinski definition) is 1. The Hall–Kier alpha value is -1.62. The number of hydrogen-bond acceptors (Lipinski definition) is 2. The van der Waals surface area contributed by atoms with Gasteiger partial charge in [-0.1, -0.05) is 17.7 Å². The second-order valence-corrected chi connectivity index (χ2v) is 6.46. The number of alkyl halides is 2. The lowest BCUT2D eigenvalue weighted by atomic mass is 10.1. The van der Waals surface area contributed by atoms with Gasteiger partial charge in [0.2, 0.25) is 0 Å². The number of ether oxygens (including phenoxy) is 1. The molecule has 1 N–H and O–H groups in total. The van der Waals surface area contributed by atoms with Crippen LogP contribution in [0.3, 0.4) is 0 Å². The van der Waals surface area contributed by atoms with Crippen LogP contribution in [-0.4, -0.2) is 24.5 Å². The van der Waals surface area contributed by atoms with Gasteiger partial charge in [0.15, 0.2) is 0 Å². The maximum atomic E-state index is 13.2. The predicted octanol–water partition coefficient (Wildman–Crippen LogP) is 4.12. The number of halogens is 3.